The zero-order valence-corrected chi connectivity index (χ0v) is 25.2. The molecular weight excluding hydrogens is 568 g/mol. The van der Waals surface area contributed by atoms with Crippen LogP contribution in [0.25, 0.3) is 5.69 Å². The summed E-state index contributed by atoms with van der Waals surface area (Å²) in [6.07, 6.45) is 7.33. The summed E-state index contributed by atoms with van der Waals surface area (Å²) in [4.78, 5) is 30.5. The van der Waals surface area contributed by atoms with Gasteiger partial charge in [0.15, 0.2) is 0 Å². The highest BCUT2D eigenvalue weighted by Gasteiger charge is 2.34. The quantitative estimate of drug-likeness (QED) is 0.514. The van der Waals surface area contributed by atoms with Gasteiger partial charge in [-0.05, 0) is 44.9 Å². The van der Waals surface area contributed by atoms with Gasteiger partial charge in [-0.15, -0.1) is 0 Å². The minimum Gasteiger partial charge on any atom is -0.481 e. The molecule has 1 aliphatic carbocycles. The Morgan fingerprint density at radius 3 is 2.49 bits per heavy atom. The Balaban J connectivity index is 1.36. The number of anilines is 1. The Labute approximate surface area is 246 Å². The molecule has 2 amide bonds. The molecule has 0 spiro atoms. The number of urea groups is 1. The molecule has 2 aliphatic heterocycles. The smallest absolute Gasteiger partial charge is 0.317 e. The number of aromatic nitrogens is 2. The number of piperazine rings is 1. The summed E-state index contributed by atoms with van der Waals surface area (Å²) in [5, 5.41) is 7.55. The summed E-state index contributed by atoms with van der Waals surface area (Å²) >= 11 is 6.19. The van der Waals surface area contributed by atoms with Crippen LogP contribution in [0.3, 0.4) is 0 Å². The number of hydrogen-bond donors (Lipinski definition) is 1. The average molecular weight is 607 g/mol. The van der Waals surface area contributed by atoms with Gasteiger partial charge in [-0.3, -0.25) is 4.79 Å². The van der Waals surface area contributed by atoms with Gasteiger partial charge in [0.05, 0.1) is 23.7 Å². The van der Waals surface area contributed by atoms with Gasteiger partial charge in [-0.2, -0.15) is 14.1 Å². The lowest BCUT2D eigenvalue weighted by atomic mass is 9.96. The van der Waals surface area contributed by atoms with Crippen LogP contribution in [-0.4, -0.2) is 90.1 Å². The van der Waals surface area contributed by atoms with Crippen molar-refractivity contribution in [3.63, 3.8) is 0 Å². The highest BCUT2D eigenvalue weighted by molar-refractivity contribution is 7.89. The second-order valence-electron chi connectivity index (χ2n) is 11.3. The van der Waals surface area contributed by atoms with Crippen LogP contribution in [-0.2, 0) is 10.0 Å². The number of sulfonamides is 1. The number of carbonyl (C=O) groups is 1. The van der Waals surface area contributed by atoms with Crippen LogP contribution in [0.1, 0.15) is 52.4 Å². The summed E-state index contributed by atoms with van der Waals surface area (Å²) in [6.45, 7) is 5.65. The number of benzene rings is 1. The molecule has 1 atom stereocenters. The number of nitrogens with one attached hydrogen (secondary N) is 1. The third-order valence-electron chi connectivity index (χ3n) is 8.15. The molecule has 11 nitrogen and oxygen atoms in total. The van der Waals surface area contributed by atoms with Gasteiger partial charge in [0, 0.05) is 50.2 Å². The zero-order chi connectivity index (χ0) is 29.1. The lowest BCUT2D eigenvalue weighted by Crippen LogP contribution is -2.51. The van der Waals surface area contributed by atoms with Crippen LogP contribution in [0.2, 0.25) is 5.02 Å². The molecule has 2 aromatic rings. The maximum absolute atomic E-state index is 13.8. The van der Waals surface area contributed by atoms with Gasteiger partial charge in [0.2, 0.25) is 15.8 Å². The minimum atomic E-state index is -3.38. The van der Waals surface area contributed by atoms with Crippen molar-refractivity contribution in [3.05, 3.63) is 45.8 Å². The monoisotopic (exact) mass is 606 g/mol. The number of amides is 2. The van der Waals surface area contributed by atoms with Crippen molar-refractivity contribution in [3.8, 4) is 11.4 Å². The van der Waals surface area contributed by atoms with E-state index in [1.807, 2.05) is 4.90 Å². The molecule has 1 aromatic heterocycles. The van der Waals surface area contributed by atoms with Crippen molar-refractivity contribution in [2.75, 3.05) is 44.2 Å². The predicted octanol–water partition coefficient (Wildman–Crippen LogP) is 3.24. The van der Waals surface area contributed by atoms with Crippen molar-refractivity contribution in [2.24, 2.45) is 0 Å². The first kappa shape index (κ1) is 29.7. The van der Waals surface area contributed by atoms with E-state index in [2.05, 4.69) is 10.4 Å². The van der Waals surface area contributed by atoms with Crippen molar-refractivity contribution >= 4 is 33.3 Å². The Hall–Kier alpha value is -2.83. The summed E-state index contributed by atoms with van der Waals surface area (Å²) in [5.74, 6) is 0.139. The first-order valence-corrected chi connectivity index (χ1v) is 16.4. The molecule has 1 saturated carbocycles. The zero-order valence-electron chi connectivity index (χ0n) is 23.7. The SMILES string of the molecule is CC(C)S(=O)(=O)N1CCN(c2cnn(-c3cccc(Cl)c3)c(=O)c2O[C@@H]2CCN(C(=O)NC3CCCCC3)C2)CC1. The van der Waals surface area contributed by atoms with Crippen LogP contribution >= 0.6 is 11.6 Å². The Morgan fingerprint density at radius 2 is 1.80 bits per heavy atom. The number of ether oxygens (including phenoxy) is 1. The van der Waals surface area contributed by atoms with Crippen LogP contribution in [0, 0.1) is 0 Å². The topological polar surface area (TPSA) is 117 Å². The van der Waals surface area contributed by atoms with E-state index < -0.39 is 20.8 Å². The van der Waals surface area contributed by atoms with Gasteiger partial charge in [0.25, 0.3) is 0 Å². The Kier molecular flexibility index (Phi) is 9.10. The fourth-order valence-electron chi connectivity index (χ4n) is 5.73. The molecule has 13 heteroatoms. The van der Waals surface area contributed by atoms with Crippen molar-refractivity contribution in [2.45, 2.75) is 69.8 Å². The second kappa shape index (κ2) is 12.6. The van der Waals surface area contributed by atoms with Gasteiger partial charge >= 0.3 is 11.6 Å². The maximum Gasteiger partial charge on any atom is 0.317 e. The van der Waals surface area contributed by atoms with Crippen LogP contribution in [0.15, 0.2) is 35.3 Å². The number of rotatable bonds is 7. The fourth-order valence-corrected chi connectivity index (χ4v) is 7.18. The standard InChI is InChI=1S/C28H39ClN6O5S/c1-20(2)41(38,39)34-15-13-32(14-16-34)25-18-30-35(23-10-6-7-21(29)17-23)27(36)26(25)40-24-11-12-33(19-24)28(37)31-22-8-4-3-5-9-22/h6-7,10,17-18,20,22,24H,3-5,8-9,11-16,19H2,1-2H3,(H,31,37)/t24-/m1/s1. The molecule has 3 aliphatic rings. The van der Waals surface area contributed by atoms with Crippen LogP contribution in [0.4, 0.5) is 10.5 Å². The molecule has 3 heterocycles. The summed E-state index contributed by atoms with van der Waals surface area (Å²) < 4.78 is 34.5. The van der Waals surface area contributed by atoms with Crippen molar-refractivity contribution in [1.29, 1.82) is 0 Å². The minimum absolute atomic E-state index is 0.0863. The van der Waals surface area contributed by atoms with Crippen LogP contribution < -0.4 is 20.5 Å². The average Bonchev–Trinajstić information content (AvgIpc) is 3.43. The molecule has 1 N–H and O–H groups in total. The van der Waals surface area contributed by atoms with Gasteiger partial charge in [0.1, 0.15) is 11.8 Å². The number of carbonyl (C=O) groups excluding carboxylic acids is 1. The third kappa shape index (κ3) is 6.65. The summed E-state index contributed by atoms with van der Waals surface area (Å²) in [6, 6.07) is 6.99. The lowest BCUT2D eigenvalue weighted by molar-refractivity contribution is 0.180. The molecule has 0 bridgehead atoms. The largest absolute Gasteiger partial charge is 0.481 e. The van der Waals surface area contributed by atoms with Gasteiger partial charge in [-0.25, -0.2) is 13.2 Å². The summed E-state index contributed by atoms with van der Waals surface area (Å²) in [7, 11) is -3.38. The van der Waals surface area contributed by atoms with Crippen molar-refractivity contribution in [1.82, 2.24) is 24.3 Å². The summed E-state index contributed by atoms with van der Waals surface area (Å²) in [5.41, 5.74) is 0.582. The number of likely N-dealkylation sites (tertiary alicyclic amines) is 1. The van der Waals surface area contributed by atoms with Gasteiger partial charge < -0.3 is 19.9 Å². The van der Waals surface area contributed by atoms with E-state index >= 15 is 0 Å². The molecule has 0 radical (unpaired) electrons. The number of nitrogens with zero attached hydrogens (tertiary/aromatic N) is 5. The molecule has 41 heavy (non-hydrogen) atoms. The molecule has 1 aromatic carbocycles. The Bertz CT molecular complexity index is 1400. The lowest BCUT2D eigenvalue weighted by Gasteiger charge is -2.36. The normalized spacial score (nSPS) is 20.9. The molecule has 224 valence electrons. The number of halogens is 1. The second-order valence-corrected chi connectivity index (χ2v) is 14.2. The van der Waals surface area contributed by atoms with Gasteiger partial charge in [-0.1, -0.05) is 36.9 Å². The highest BCUT2D eigenvalue weighted by atomic mass is 35.5. The first-order valence-electron chi connectivity index (χ1n) is 14.5. The molecule has 3 fully saturated rings. The van der Waals surface area contributed by atoms with E-state index in [0.29, 0.717) is 62.1 Å². The van der Waals surface area contributed by atoms with E-state index in [4.69, 9.17) is 16.3 Å². The maximum atomic E-state index is 13.8. The molecule has 0 unspecified atom stereocenters. The van der Waals surface area contributed by atoms with E-state index in [0.717, 1.165) is 25.7 Å². The molecular formula is C28H39ClN6O5S. The highest BCUT2D eigenvalue weighted by Crippen LogP contribution is 2.29. The van der Waals surface area contributed by atoms with E-state index in [-0.39, 0.29) is 23.9 Å². The molecule has 5 rings (SSSR count). The molecule has 2 saturated heterocycles. The van der Waals surface area contributed by atoms with Crippen molar-refractivity contribution < 1.29 is 17.9 Å². The van der Waals surface area contributed by atoms with E-state index in [1.165, 1.54) is 15.4 Å². The predicted molar refractivity (Wildman–Crippen MR) is 159 cm³/mol. The first-order chi connectivity index (χ1) is 19.6. The number of hydrogen-bond acceptors (Lipinski definition) is 7. The van der Waals surface area contributed by atoms with Crippen LogP contribution in [0.5, 0.6) is 5.75 Å². The Morgan fingerprint density at radius 1 is 1.07 bits per heavy atom. The fraction of sp³-hybridized carbons (Fsp3) is 0.607. The third-order valence-corrected chi connectivity index (χ3v) is 10.7. The van der Waals surface area contributed by atoms with E-state index in [9.17, 15) is 18.0 Å². The van der Waals surface area contributed by atoms with E-state index in [1.54, 1.807) is 49.2 Å².